The van der Waals surface area contributed by atoms with Gasteiger partial charge in [0.05, 0.1) is 19.8 Å². The Kier molecular flexibility index (Phi) is 6.52. The Hall–Kier alpha value is -3.53. The van der Waals surface area contributed by atoms with E-state index in [1.54, 1.807) is 18.2 Å². The highest BCUT2D eigenvalue weighted by atomic mass is 32.2. The highest BCUT2D eigenvalue weighted by Gasteiger charge is 2.38. The van der Waals surface area contributed by atoms with Gasteiger partial charge in [-0.15, -0.1) is 0 Å². The fraction of sp³-hybridized carbons (Fsp3) is 0.167. The highest BCUT2D eigenvalue weighted by Crippen LogP contribution is 2.45. The van der Waals surface area contributed by atoms with E-state index in [4.69, 9.17) is 4.74 Å². The average molecular weight is 490 g/mol. The molecule has 1 unspecified atom stereocenters. The lowest BCUT2D eigenvalue weighted by Gasteiger charge is -2.23. The van der Waals surface area contributed by atoms with Gasteiger partial charge in [-0.25, -0.2) is 18.2 Å². The lowest BCUT2D eigenvalue weighted by molar-refractivity contribution is 0.0741. The van der Waals surface area contributed by atoms with E-state index in [2.05, 4.69) is 9.84 Å². The van der Waals surface area contributed by atoms with Gasteiger partial charge in [-0.1, -0.05) is 23.9 Å². The van der Waals surface area contributed by atoms with Gasteiger partial charge in [0.1, 0.15) is 22.0 Å². The van der Waals surface area contributed by atoms with Gasteiger partial charge in [-0.2, -0.15) is 9.49 Å². The number of halogens is 4. The Bertz CT molecular complexity index is 1300. The standard InChI is InChI=1S/C24H18F4N2O3S/c1-12-4-9-15(18(10-12)32-2)24-30(29-22(34-24)13-5-7-14(25)8-6-13)23(31)16-11-17(26)20(28)21(33-3)19(16)27/h4-11,24H,1-3H3. The largest absolute Gasteiger partial charge is 0.496 e. The molecule has 3 aromatic rings. The number of hydrogen-bond acceptors (Lipinski definition) is 5. The summed E-state index contributed by atoms with van der Waals surface area (Å²) in [5, 5.41) is 4.81. The fourth-order valence-corrected chi connectivity index (χ4v) is 4.64. The molecule has 0 radical (unpaired) electrons. The molecule has 0 saturated heterocycles. The second-order valence-electron chi connectivity index (χ2n) is 7.34. The number of ether oxygens (including phenoxy) is 2. The molecule has 5 nitrogen and oxygen atoms in total. The minimum atomic E-state index is -1.54. The number of hydrogen-bond donors (Lipinski definition) is 0. The van der Waals surface area contributed by atoms with Crippen molar-refractivity contribution in [1.29, 1.82) is 0 Å². The molecule has 0 N–H and O–H groups in total. The van der Waals surface area contributed by atoms with Crippen molar-refractivity contribution in [3.63, 3.8) is 0 Å². The fourth-order valence-electron chi connectivity index (χ4n) is 3.46. The first-order chi connectivity index (χ1) is 16.2. The summed E-state index contributed by atoms with van der Waals surface area (Å²) in [5.41, 5.74) is 1.21. The maximum atomic E-state index is 14.9. The van der Waals surface area contributed by atoms with Crippen LogP contribution in [0.5, 0.6) is 11.5 Å². The number of benzene rings is 3. The number of carbonyl (C=O) groups excluding carboxylic acids is 1. The predicted molar refractivity (Wildman–Crippen MR) is 120 cm³/mol. The third-order valence-electron chi connectivity index (χ3n) is 5.15. The maximum absolute atomic E-state index is 14.9. The van der Waals surface area contributed by atoms with Crippen LogP contribution < -0.4 is 9.47 Å². The molecule has 0 spiro atoms. The van der Waals surface area contributed by atoms with E-state index in [9.17, 15) is 22.4 Å². The summed E-state index contributed by atoms with van der Waals surface area (Å²) >= 11 is 1.14. The summed E-state index contributed by atoms with van der Waals surface area (Å²) in [7, 11) is 2.43. The van der Waals surface area contributed by atoms with E-state index >= 15 is 0 Å². The molecule has 10 heteroatoms. The van der Waals surface area contributed by atoms with Crippen molar-refractivity contribution in [2.45, 2.75) is 12.3 Å². The molecule has 4 rings (SSSR count). The number of methoxy groups -OCH3 is 2. The second kappa shape index (κ2) is 9.38. The first kappa shape index (κ1) is 23.6. The lowest BCUT2D eigenvalue weighted by atomic mass is 10.1. The number of rotatable bonds is 5. The third kappa shape index (κ3) is 4.21. The van der Waals surface area contributed by atoms with Gasteiger partial charge in [0.15, 0.2) is 17.4 Å². The summed E-state index contributed by atoms with van der Waals surface area (Å²) in [4.78, 5) is 13.4. The predicted octanol–water partition coefficient (Wildman–Crippen LogP) is 5.82. The number of aryl methyl sites for hydroxylation is 1. The van der Waals surface area contributed by atoms with Crippen LogP contribution >= 0.6 is 11.8 Å². The minimum Gasteiger partial charge on any atom is -0.496 e. The molecule has 176 valence electrons. The molecule has 0 bridgehead atoms. The monoisotopic (exact) mass is 490 g/mol. The van der Waals surface area contributed by atoms with E-state index in [0.717, 1.165) is 29.4 Å². The van der Waals surface area contributed by atoms with Crippen LogP contribution in [0.15, 0.2) is 53.6 Å². The van der Waals surface area contributed by atoms with E-state index in [0.29, 0.717) is 28.0 Å². The van der Waals surface area contributed by atoms with E-state index in [-0.39, 0.29) is 0 Å². The zero-order valence-corrected chi connectivity index (χ0v) is 19.1. The van der Waals surface area contributed by atoms with Crippen LogP contribution in [0.4, 0.5) is 17.6 Å². The van der Waals surface area contributed by atoms with Gasteiger partial charge >= 0.3 is 0 Å². The van der Waals surface area contributed by atoms with Crippen molar-refractivity contribution in [1.82, 2.24) is 5.01 Å². The van der Waals surface area contributed by atoms with E-state index in [1.807, 2.05) is 6.92 Å². The molecule has 0 fully saturated rings. The molecule has 0 aromatic heterocycles. The molecular weight excluding hydrogens is 472 g/mol. The molecule has 0 saturated carbocycles. The molecule has 1 aliphatic heterocycles. The van der Waals surface area contributed by atoms with Crippen LogP contribution in [0.25, 0.3) is 0 Å². The Morgan fingerprint density at radius 1 is 0.971 bits per heavy atom. The zero-order chi connectivity index (χ0) is 24.6. The molecule has 1 atom stereocenters. The number of amides is 1. The molecule has 34 heavy (non-hydrogen) atoms. The molecular formula is C24H18F4N2O3S. The molecule has 1 heterocycles. The summed E-state index contributed by atoms with van der Waals surface area (Å²) in [6.45, 7) is 1.86. The molecule has 3 aromatic carbocycles. The first-order valence-corrected chi connectivity index (χ1v) is 10.8. The molecule has 1 aliphatic rings. The van der Waals surface area contributed by atoms with Crippen molar-refractivity contribution < 1.29 is 31.8 Å². The van der Waals surface area contributed by atoms with Crippen LogP contribution in [0.1, 0.15) is 32.4 Å². The number of hydrazone groups is 1. The van der Waals surface area contributed by atoms with Gasteiger partial charge in [0.25, 0.3) is 5.91 Å². The highest BCUT2D eigenvalue weighted by molar-refractivity contribution is 8.14. The average Bonchev–Trinajstić information content (AvgIpc) is 3.27. The Labute approximate surface area is 197 Å². The number of thioether (sulfide) groups is 1. The quantitative estimate of drug-likeness (QED) is 0.334. The molecule has 0 aliphatic carbocycles. The van der Waals surface area contributed by atoms with Crippen molar-refractivity contribution >= 4 is 22.7 Å². The zero-order valence-electron chi connectivity index (χ0n) is 18.2. The van der Waals surface area contributed by atoms with Crippen molar-refractivity contribution in [3.8, 4) is 11.5 Å². The molecule has 1 amide bonds. The Balaban J connectivity index is 1.84. The van der Waals surface area contributed by atoms with Crippen molar-refractivity contribution in [2.75, 3.05) is 14.2 Å². The SMILES string of the molecule is COc1cc(C)ccc1C1SC(c2ccc(F)cc2)=NN1C(=O)c1cc(F)c(F)c(OC)c1F. The first-order valence-electron chi connectivity index (χ1n) is 9.96. The van der Waals surface area contributed by atoms with Gasteiger partial charge in [-0.3, -0.25) is 4.79 Å². The van der Waals surface area contributed by atoms with Crippen LogP contribution in [-0.2, 0) is 0 Å². The number of nitrogens with zero attached hydrogens (tertiary/aromatic N) is 2. The normalized spacial score (nSPS) is 15.3. The Morgan fingerprint density at radius 2 is 1.68 bits per heavy atom. The maximum Gasteiger partial charge on any atom is 0.278 e. The van der Waals surface area contributed by atoms with Crippen LogP contribution in [0, 0.1) is 30.2 Å². The van der Waals surface area contributed by atoms with Gasteiger partial charge in [0.2, 0.25) is 5.82 Å². The lowest BCUT2D eigenvalue weighted by Crippen LogP contribution is -2.27. The van der Waals surface area contributed by atoms with Crippen molar-refractivity contribution in [3.05, 3.63) is 94.1 Å². The van der Waals surface area contributed by atoms with E-state index in [1.165, 1.54) is 31.4 Å². The topological polar surface area (TPSA) is 51.1 Å². The summed E-state index contributed by atoms with van der Waals surface area (Å²) in [5.74, 6) is -6.37. The number of carbonyl (C=O) groups is 1. The van der Waals surface area contributed by atoms with Gasteiger partial charge < -0.3 is 9.47 Å². The third-order valence-corrected chi connectivity index (χ3v) is 6.37. The van der Waals surface area contributed by atoms with Gasteiger partial charge in [-0.05, 0) is 48.9 Å². The summed E-state index contributed by atoms with van der Waals surface area (Å²) < 4.78 is 66.5. The summed E-state index contributed by atoms with van der Waals surface area (Å²) in [6.07, 6.45) is 0. The summed E-state index contributed by atoms with van der Waals surface area (Å²) in [6, 6.07) is 11.2. The Morgan fingerprint density at radius 3 is 2.32 bits per heavy atom. The minimum absolute atomic E-state index is 0.343. The van der Waals surface area contributed by atoms with Crippen LogP contribution in [0.2, 0.25) is 0 Å². The van der Waals surface area contributed by atoms with E-state index < -0.39 is 45.9 Å². The van der Waals surface area contributed by atoms with Crippen LogP contribution in [0.3, 0.4) is 0 Å². The van der Waals surface area contributed by atoms with Gasteiger partial charge in [0, 0.05) is 11.1 Å². The van der Waals surface area contributed by atoms with Crippen LogP contribution in [-0.4, -0.2) is 30.2 Å². The second-order valence-corrected chi connectivity index (χ2v) is 8.41. The smallest absolute Gasteiger partial charge is 0.278 e. The van der Waals surface area contributed by atoms with Crippen molar-refractivity contribution in [2.24, 2.45) is 5.10 Å².